The topological polar surface area (TPSA) is 134 Å². The van der Waals surface area contributed by atoms with E-state index >= 15 is 0 Å². The molecule has 1 aromatic carbocycles. The van der Waals surface area contributed by atoms with Crippen LogP contribution in [0.5, 0.6) is 17.4 Å². The zero-order valence-electron chi connectivity index (χ0n) is 19.5. The van der Waals surface area contributed by atoms with Gasteiger partial charge in [0, 0.05) is 18.5 Å². The highest BCUT2D eigenvalue weighted by Gasteiger charge is 2.42. The molecule has 2 aromatic rings. The highest BCUT2D eigenvalue weighted by atomic mass is 19.4. The van der Waals surface area contributed by atoms with E-state index in [0.717, 1.165) is 6.07 Å². The predicted octanol–water partition coefficient (Wildman–Crippen LogP) is 5.29. The van der Waals surface area contributed by atoms with E-state index in [9.17, 15) is 33.0 Å². The van der Waals surface area contributed by atoms with Gasteiger partial charge in [-0.1, -0.05) is 13.8 Å². The number of ether oxygens (including phenoxy) is 1. The molecule has 192 valence electrons. The van der Waals surface area contributed by atoms with Crippen LogP contribution in [0.15, 0.2) is 16.7 Å². The van der Waals surface area contributed by atoms with Crippen molar-refractivity contribution in [1.82, 2.24) is 10.5 Å². The van der Waals surface area contributed by atoms with Gasteiger partial charge >= 0.3 is 12.3 Å². The van der Waals surface area contributed by atoms with Crippen molar-refractivity contribution in [2.75, 3.05) is 11.9 Å². The van der Waals surface area contributed by atoms with Gasteiger partial charge < -0.3 is 30.1 Å². The molecule has 4 N–H and O–H groups in total. The van der Waals surface area contributed by atoms with Crippen LogP contribution in [-0.2, 0) is 4.79 Å². The molecule has 0 bridgehead atoms. The molecule has 1 heterocycles. The number of alkyl halides is 3. The number of anilines is 1. The molecule has 0 atom stereocenters. The van der Waals surface area contributed by atoms with Crippen LogP contribution in [0.2, 0.25) is 0 Å². The quantitative estimate of drug-likeness (QED) is 0.424. The highest BCUT2D eigenvalue weighted by molar-refractivity contribution is 5.98. The van der Waals surface area contributed by atoms with Gasteiger partial charge in [0.2, 0.25) is 5.91 Å². The molecule has 1 aliphatic carbocycles. The maximum Gasteiger partial charge on any atom is 0.414 e. The second-order valence-corrected chi connectivity index (χ2v) is 8.77. The van der Waals surface area contributed by atoms with Crippen LogP contribution in [0.1, 0.15) is 57.9 Å². The van der Waals surface area contributed by atoms with Gasteiger partial charge in [-0.25, -0.2) is 4.79 Å². The fourth-order valence-corrected chi connectivity index (χ4v) is 4.05. The van der Waals surface area contributed by atoms with E-state index in [2.05, 4.69) is 15.8 Å². The van der Waals surface area contributed by atoms with E-state index in [4.69, 9.17) is 9.26 Å². The summed E-state index contributed by atoms with van der Waals surface area (Å²) in [5.41, 5.74) is 0.388. The summed E-state index contributed by atoms with van der Waals surface area (Å²) >= 11 is 0. The lowest BCUT2D eigenvalue weighted by molar-refractivity contribution is -0.184. The summed E-state index contributed by atoms with van der Waals surface area (Å²) in [6.07, 6.45) is -5.45. The van der Waals surface area contributed by atoms with Gasteiger partial charge in [-0.3, -0.25) is 4.79 Å². The summed E-state index contributed by atoms with van der Waals surface area (Å²) in [6, 6.07) is 2.57. The van der Waals surface area contributed by atoms with E-state index < -0.39 is 30.0 Å². The summed E-state index contributed by atoms with van der Waals surface area (Å²) in [5.74, 6) is -3.92. The van der Waals surface area contributed by atoms with Crippen molar-refractivity contribution in [1.29, 1.82) is 0 Å². The first-order valence-electron chi connectivity index (χ1n) is 11.3. The van der Waals surface area contributed by atoms with E-state index in [-0.39, 0.29) is 72.5 Å². The van der Waals surface area contributed by atoms with E-state index in [1.807, 2.05) is 13.8 Å². The molecule has 1 fully saturated rings. The smallest absolute Gasteiger partial charge is 0.414 e. The van der Waals surface area contributed by atoms with Crippen LogP contribution in [0.4, 0.5) is 23.7 Å². The van der Waals surface area contributed by atoms with Gasteiger partial charge in [-0.2, -0.15) is 13.2 Å². The molecule has 1 aliphatic rings. The molecule has 3 rings (SSSR count). The van der Waals surface area contributed by atoms with Gasteiger partial charge in [0.25, 0.3) is 5.88 Å². The van der Waals surface area contributed by atoms with Crippen LogP contribution in [0.25, 0.3) is 11.3 Å². The van der Waals surface area contributed by atoms with Crippen LogP contribution in [-0.4, -0.2) is 40.1 Å². The second-order valence-electron chi connectivity index (χ2n) is 8.77. The lowest BCUT2D eigenvalue weighted by Crippen LogP contribution is -2.32. The summed E-state index contributed by atoms with van der Waals surface area (Å²) < 4.78 is 49.4. The molecule has 0 saturated heterocycles. The summed E-state index contributed by atoms with van der Waals surface area (Å²) in [6.45, 7) is 5.56. The predicted molar refractivity (Wildman–Crippen MR) is 119 cm³/mol. The van der Waals surface area contributed by atoms with E-state index in [1.54, 1.807) is 6.92 Å². The van der Waals surface area contributed by atoms with Gasteiger partial charge in [0.05, 0.1) is 11.5 Å². The van der Waals surface area contributed by atoms with Crippen molar-refractivity contribution in [3.05, 3.63) is 17.7 Å². The summed E-state index contributed by atoms with van der Waals surface area (Å²) in [7, 11) is 0. The van der Waals surface area contributed by atoms with Gasteiger partial charge in [-0.15, -0.1) is 0 Å². The van der Waals surface area contributed by atoms with E-state index in [1.165, 1.54) is 6.07 Å². The number of carbonyl (C=O) groups excluding carboxylic acids is 2. The van der Waals surface area contributed by atoms with Crippen molar-refractivity contribution in [3.63, 3.8) is 0 Å². The third kappa shape index (κ3) is 5.98. The van der Waals surface area contributed by atoms with Gasteiger partial charge in [-0.05, 0) is 55.3 Å². The van der Waals surface area contributed by atoms with E-state index in [0.29, 0.717) is 5.56 Å². The van der Waals surface area contributed by atoms with Crippen LogP contribution >= 0.6 is 0 Å². The Morgan fingerprint density at radius 1 is 1.17 bits per heavy atom. The molecular formula is C23H28F3N3O6. The first-order chi connectivity index (χ1) is 16.4. The number of carbonyl (C=O) groups is 2. The number of hydrogen-bond donors (Lipinski definition) is 4. The number of nitrogens with one attached hydrogen (secondary N) is 2. The number of amides is 2. The minimum Gasteiger partial charge on any atom is -0.508 e. The Morgan fingerprint density at radius 3 is 2.40 bits per heavy atom. The summed E-state index contributed by atoms with van der Waals surface area (Å²) in [4.78, 5) is 24.9. The van der Waals surface area contributed by atoms with Gasteiger partial charge in [0.15, 0.2) is 11.4 Å². The minimum absolute atomic E-state index is 0.0328. The van der Waals surface area contributed by atoms with Crippen molar-refractivity contribution in [2.24, 2.45) is 11.8 Å². The fraction of sp³-hybridized carbons (Fsp3) is 0.522. The average molecular weight is 499 g/mol. The number of rotatable bonds is 6. The molecule has 0 aliphatic heterocycles. The first-order valence-corrected chi connectivity index (χ1v) is 11.3. The number of nitrogens with zero attached hydrogens (tertiary/aromatic N) is 1. The molecule has 1 saturated carbocycles. The number of phenolic OH excluding ortho intramolecular Hbond substituents is 2. The van der Waals surface area contributed by atoms with Crippen LogP contribution in [0.3, 0.4) is 0 Å². The Labute approximate surface area is 199 Å². The van der Waals surface area contributed by atoms with Crippen molar-refractivity contribution >= 4 is 17.7 Å². The number of hydrogen-bond acceptors (Lipinski definition) is 7. The molecule has 2 amide bonds. The monoisotopic (exact) mass is 499 g/mol. The number of aromatic nitrogens is 1. The number of benzene rings is 1. The Kier molecular flexibility index (Phi) is 7.81. The molecule has 35 heavy (non-hydrogen) atoms. The largest absolute Gasteiger partial charge is 0.508 e. The standard InChI is InChI=1S/C23H28F3N3O6/c1-4-27-22(33)34-21-18(28-20(32)12-5-7-13(8-6-12)23(24,25)26)19(35-29-21)15-9-14(11(2)3)16(30)10-17(15)31/h9-13,30-31H,4-8H2,1-3H3,(H,27,33)(H,28,32). The average Bonchev–Trinajstić information content (AvgIpc) is 3.14. The SMILES string of the molecule is CCNC(=O)Oc1noc(-c2cc(C(C)C)c(O)cc2O)c1NC(=O)C1CCC(C(F)(F)F)CC1. The van der Waals surface area contributed by atoms with Crippen molar-refractivity contribution in [3.8, 4) is 28.7 Å². The fourth-order valence-electron chi connectivity index (χ4n) is 4.05. The molecule has 0 unspecified atom stereocenters. The normalized spacial score (nSPS) is 18.4. The molecule has 12 heteroatoms. The zero-order valence-corrected chi connectivity index (χ0v) is 19.5. The first kappa shape index (κ1) is 26.2. The number of halogens is 3. The molecule has 1 aromatic heterocycles. The lowest BCUT2D eigenvalue weighted by atomic mass is 9.81. The minimum atomic E-state index is -4.30. The summed E-state index contributed by atoms with van der Waals surface area (Å²) in [5, 5.41) is 29.3. The van der Waals surface area contributed by atoms with Crippen molar-refractivity contribution < 1.29 is 42.2 Å². The Hall–Kier alpha value is -3.44. The number of phenols is 2. The highest BCUT2D eigenvalue weighted by Crippen LogP contribution is 2.45. The van der Waals surface area contributed by atoms with Crippen LogP contribution in [0, 0.1) is 11.8 Å². The maximum absolute atomic E-state index is 13.0. The molecule has 9 nitrogen and oxygen atoms in total. The Morgan fingerprint density at radius 2 is 1.83 bits per heavy atom. The Balaban J connectivity index is 1.93. The second kappa shape index (κ2) is 10.4. The van der Waals surface area contributed by atoms with Crippen molar-refractivity contribution in [2.45, 2.75) is 58.5 Å². The molecular weight excluding hydrogens is 471 g/mol. The third-order valence-electron chi connectivity index (χ3n) is 5.99. The van der Waals surface area contributed by atoms with Gasteiger partial charge in [0.1, 0.15) is 11.5 Å². The number of aromatic hydroxyl groups is 2. The lowest BCUT2D eigenvalue weighted by Gasteiger charge is -2.29. The molecule has 0 radical (unpaired) electrons. The molecule has 0 spiro atoms. The maximum atomic E-state index is 13.0. The Bertz CT molecular complexity index is 1080. The third-order valence-corrected chi connectivity index (χ3v) is 5.99. The van der Waals surface area contributed by atoms with Crippen LogP contribution < -0.4 is 15.4 Å². The zero-order chi connectivity index (χ0) is 25.9.